The van der Waals surface area contributed by atoms with Crippen LogP contribution < -0.4 is 4.90 Å². The first-order valence-corrected chi connectivity index (χ1v) is 7.98. The third-order valence-corrected chi connectivity index (χ3v) is 4.88. The predicted octanol–water partition coefficient (Wildman–Crippen LogP) is 2.66. The summed E-state index contributed by atoms with van der Waals surface area (Å²) in [6, 6.07) is 7.12. The topological polar surface area (TPSA) is 60.9 Å². The number of hydrogen-bond donors (Lipinski definition) is 1. The van der Waals surface area contributed by atoms with E-state index in [0.29, 0.717) is 31.1 Å². The zero-order valence-corrected chi connectivity index (χ0v) is 14.2. The summed E-state index contributed by atoms with van der Waals surface area (Å²) in [4.78, 5) is 27.7. The molecule has 0 radical (unpaired) electrons. The molecule has 2 aliphatic rings. The molecule has 5 nitrogen and oxygen atoms in total. The number of piperidine rings is 1. The summed E-state index contributed by atoms with van der Waals surface area (Å²) in [5.74, 6) is -1.09. The van der Waals surface area contributed by atoms with Gasteiger partial charge in [0.25, 0.3) is 0 Å². The second-order valence-electron chi connectivity index (χ2n) is 5.92. The number of benzene rings is 1. The van der Waals surface area contributed by atoms with Gasteiger partial charge in [-0.25, -0.2) is 0 Å². The van der Waals surface area contributed by atoms with Crippen LogP contribution in [0.1, 0.15) is 19.3 Å². The molecule has 0 aromatic heterocycles. The highest BCUT2D eigenvalue weighted by Crippen LogP contribution is 2.31. The van der Waals surface area contributed by atoms with Gasteiger partial charge in [-0.05, 0) is 37.9 Å². The Bertz CT molecular complexity index is 596. The third kappa shape index (κ3) is 3.62. The normalized spacial score (nSPS) is 25.3. The number of carbonyl (C=O) groups excluding carboxylic acids is 1. The van der Waals surface area contributed by atoms with Crippen molar-refractivity contribution in [1.82, 2.24) is 4.90 Å². The first kappa shape index (κ1) is 18.0. The standard InChI is InChI=1S/C16H19ClN2O3.ClH/c17-12-4-1-2-5-13(12)19-8-3-6-14(15(19)20)18-9-7-11(10-18)16(21)22;/h1-2,4-5,11,14H,3,6-10H2,(H,21,22);1H. The number of aliphatic carboxylic acids is 1. The van der Waals surface area contributed by atoms with E-state index >= 15 is 0 Å². The van der Waals surface area contributed by atoms with Crippen LogP contribution in [0.5, 0.6) is 0 Å². The summed E-state index contributed by atoms with van der Waals surface area (Å²) >= 11 is 6.21. The van der Waals surface area contributed by atoms with Crippen molar-refractivity contribution in [3.05, 3.63) is 29.3 Å². The van der Waals surface area contributed by atoms with E-state index in [-0.39, 0.29) is 30.3 Å². The number of carboxylic acid groups (broad SMARTS) is 1. The van der Waals surface area contributed by atoms with Crippen molar-refractivity contribution in [1.29, 1.82) is 0 Å². The van der Waals surface area contributed by atoms with Crippen LogP contribution in [-0.4, -0.2) is 47.6 Å². The lowest BCUT2D eigenvalue weighted by atomic mass is 10.0. The van der Waals surface area contributed by atoms with Gasteiger partial charge in [0.1, 0.15) is 0 Å². The van der Waals surface area contributed by atoms with Gasteiger partial charge in [-0.15, -0.1) is 12.4 Å². The van der Waals surface area contributed by atoms with Gasteiger partial charge in [0, 0.05) is 13.1 Å². The number of hydrogen-bond acceptors (Lipinski definition) is 3. The average Bonchev–Trinajstić information content (AvgIpc) is 2.98. The van der Waals surface area contributed by atoms with E-state index in [9.17, 15) is 9.59 Å². The number of carboxylic acids is 1. The van der Waals surface area contributed by atoms with Crippen molar-refractivity contribution in [2.45, 2.75) is 25.3 Å². The van der Waals surface area contributed by atoms with E-state index in [4.69, 9.17) is 16.7 Å². The second-order valence-corrected chi connectivity index (χ2v) is 6.33. The fourth-order valence-electron chi connectivity index (χ4n) is 3.38. The van der Waals surface area contributed by atoms with Gasteiger partial charge in [-0.3, -0.25) is 14.5 Å². The first-order chi connectivity index (χ1) is 10.6. The van der Waals surface area contributed by atoms with Crippen LogP contribution in [0.2, 0.25) is 5.02 Å². The van der Waals surface area contributed by atoms with Crippen molar-refractivity contribution in [2.75, 3.05) is 24.5 Å². The van der Waals surface area contributed by atoms with E-state index in [1.54, 1.807) is 11.0 Å². The van der Waals surface area contributed by atoms with Crippen LogP contribution in [-0.2, 0) is 9.59 Å². The molecule has 0 bridgehead atoms. The molecule has 0 saturated carbocycles. The Hall–Kier alpha value is -1.30. The maximum absolute atomic E-state index is 12.8. The minimum Gasteiger partial charge on any atom is -0.481 e. The number of likely N-dealkylation sites (tertiary alicyclic amines) is 1. The highest BCUT2D eigenvalue weighted by molar-refractivity contribution is 6.33. The lowest BCUT2D eigenvalue weighted by molar-refractivity contribution is -0.141. The minimum atomic E-state index is -0.770. The quantitative estimate of drug-likeness (QED) is 0.902. The lowest BCUT2D eigenvalue weighted by Crippen LogP contribution is -2.52. The van der Waals surface area contributed by atoms with Crippen molar-refractivity contribution in [3.8, 4) is 0 Å². The summed E-state index contributed by atoms with van der Waals surface area (Å²) in [5, 5.41) is 9.69. The third-order valence-electron chi connectivity index (χ3n) is 4.56. The number of para-hydroxylation sites is 1. The largest absolute Gasteiger partial charge is 0.481 e. The summed E-state index contributed by atoms with van der Waals surface area (Å²) in [6.07, 6.45) is 2.30. The fraction of sp³-hybridized carbons (Fsp3) is 0.500. The highest BCUT2D eigenvalue weighted by Gasteiger charge is 2.39. The van der Waals surface area contributed by atoms with Crippen molar-refractivity contribution in [3.63, 3.8) is 0 Å². The van der Waals surface area contributed by atoms with Crippen LogP contribution in [0.4, 0.5) is 5.69 Å². The molecule has 2 aliphatic heterocycles. The van der Waals surface area contributed by atoms with Gasteiger partial charge in [-0.1, -0.05) is 23.7 Å². The Balaban J connectivity index is 0.00000192. The van der Waals surface area contributed by atoms with E-state index in [0.717, 1.165) is 18.5 Å². The summed E-state index contributed by atoms with van der Waals surface area (Å²) < 4.78 is 0. The van der Waals surface area contributed by atoms with Crippen molar-refractivity contribution < 1.29 is 14.7 Å². The second kappa shape index (κ2) is 7.51. The molecule has 0 aliphatic carbocycles. The zero-order valence-electron chi connectivity index (χ0n) is 12.7. The summed E-state index contributed by atoms with van der Waals surface area (Å²) in [7, 11) is 0. The smallest absolute Gasteiger partial charge is 0.307 e. The van der Waals surface area contributed by atoms with E-state index in [2.05, 4.69) is 0 Å². The van der Waals surface area contributed by atoms with Gasteiger partial charge in [0.15, 0.2) is 0 Å². The van der Waals surface area contributed by atoms with Crippen molar-refractivity contribution in [2.24, 2.45) is 5.92 Å². The molecule has 1 aromatic rings. The van der Waals surface area contributed by atoms with E-state index in [1.807, 2.05) is 23.1 Å². The molecule has 1 N–H and O–H groups in total. The molecule has 2 saturated heterocycles. The molecule has 1 amide bonds. The van der Waals surface area contributed by atoms with Crippen LogP contribution in [0.3, 0.4) is 0 Å². The molecule has 7 heteroatoms. The Kier molecular flexibility index (Phi) is 5.89. The van der Waals surface area contributed by atoms with Gasteiger partial charge < -0.3 is 10.0 Å². The SMILES string of the molecule is Cl.O=C(O)C1CCN(C2CCCN(c3ccccc3Cl)C2=O)C1. The summed E-state index contributed by atoms with van der Waals surface area (Å²) in [6.45, 7) is 1.79. The van der Waals surface area contributed by atoms with E-state index in [1.165, 1.54) is 0 Å². The molecule has 1 aromatic carbocycles. The van der Waals surface area contributed by atoms with E-state index < -0.39 is 5.97 Å². The predicted molar refractivity (Wildman–Crippen MR) is 91.4 cm³/mol. The van der Waals surface area contributed by atoms with Crippen LogP contribution in [0.15, 0.2) is 24.3 Å². The molecule has 2 fully saturated rings. The maximum Gasteiger partial charge on any atom is 0.307 e. The Labute approximate surface area is 146 Å². The van der Waals surface area contributed by atoms with Crippen LogP contribution >= 0.6 is 24.0 Å². The molecule has 2 unspecified atom stereocenters. The number of nitrogens with zero attached hydrogens (tertiary/aromatic N) is 2. The fourth-order valence-corrected chi connectivity index (χ4v) is 3.61. The molecular weight excluding hydrogens is 339 g/mol. The molecule has 23 heavy (non-hydrogen) atoms. The Morgan fingerprint density at radius 2 is 1.96 bits per heavy atom. The highest BCUT2D eigenvalue weighted by atomic mass is 35.5. The van der Waals surface area contributed by atoms with Crippen LogP contribution in [0.25, 0.3) is 0 Å². The monoisotopic (exact) mass is 358 g/mol. The lowest BCUT2D eigenvalue weighted by Gasteiger charge is -2.37. The molecular formula is C16H20Cl2N2O3. The Morgan fingerprint density at radius 1 is 1.22 bits per heavy atom. The molecule has 2 atom stereocenters. The van der Waals surface area contributed by atoms with Gasteiger partial charge >= 0.3 is 5.97 Å². The summed E-state index contributed by atoms with van der Waals surface area (Å²) in [5.41, 5.74) is 0.743. The number of carbonyl (C=O) groups is 2. The van der Waals surface area contributed by atoms with Crippen molar-refractivity contribution >= 4 is 41.6 Å². The van der Waals surface area contributed by atoms with Gasteiger partial charge in [0.2, 0.25) is 5.91 Å². The molecule has 126 valence electrons. The Morgan fingerprint density at radius 3 is 2.61 bits per heavy atom. The number of halogens is 2. The van der Waals surface area contributed by atoms with Gasteiger partial charge in [-0.2, -0.15) is 0 Å². The molecule has 3 rings (SSSR count). The number of amides is 1. The van der Waals surface area contributed by atoms with Gasteiger partial charge in [0.05, 0.1) is 22.7 Å². The number of anilines is 1. The number of rotatable bonds is 3. The first-order valence-electron chi connectivity index (χ1n) is 7.60. The average molecular weight is 359 g/mol. The minimum absolute atomic E-state index is 0. The molecule has 2 heterocycles. The maximum atomic E-state index is 12.8. The van der Waals surface area contributed by atoms with Crippen LogP contribution in [0, 0.1) is 5.92 Å². The zero-order chi connectivity index (χ0) is 15.7. The molecule has 0 spiro atoms.